The van der Waals surface area contributed by atoms with Gasteiger partial charge in [0.25, 0.3) is 5.91 Å². The molecule has 0 spiro atoms. The van der Waals surface area contributed by atoms with Crippen molar-refractivity contribution in [3.63, 3.8) is 0 Å². The van der Waals surface area contributed by atoms with Crippen molar-refractivity contribution in [3.05, 3.63) is 46.4 Å². The van der Waals surface area contributed by atoms with E-state index in [0.717, 1.165) is 12.8 Å². The molecule has 0 unspecified atom stereocenters. The molecule has 0 radical (unpaired) electrons. The molecule has 0 aliphatic carbocycles. The molecular formula is C17H18ClN3O3S. The fourth-order valence-corrected chi connectivity index (χ4v) is 3.32. The Balaban J connectivity index is 1.70. The van der Waals surface area contributed by atoms with Crippen molar-refractivity contribution in [2.24, 2.45) is 0 Å². The maximum Gasteiger partial charge on any atom is 0.254 e. The number of anilines is 1. The summed E-state index contributed by atoms with van der Waals surface area (Å²) in [7, 11) is 0. The second-order valence-corrected chi connectivity index (χ2v) is 7.04. The number of thiazole rings is 1. The Hall–Kier alpha value is -1.96. The third kappa shape index (κ3) is 5.01. The molecule has 0 saturated carbocycles. The Bertz CT molecular complexity index is 715. The zero-order valence-electron chi connectivity index (χ0n) is 13.5. The quantitative estimate of drug-likeness (QED) is 0.837. The van der Waals surface area contributed by atoms with E-state index in [0.29, 0.717) is 28.9 Å². The fourth-order valence-electron chi connectivity index (χ4n) is 2.65. The highest BCUT2D eigenvalue weighted by Crippen LogP contribution is 2.17. The van der Waals surface area contributed by atoms with E-state index < -0.39 is 0 Å². The molecule has 1 N–H and O–H groups in total. The summed E-state index contributed by atoms with van der Waals surface area (Å²) in [5.41, 5.74) is 0.490. The van der Waals surface area contributed by atoms with Crippen molar-refractivity contribution in [3.8, 4) is 0 Å². The smallest absolute Gasteiger partial charge is 0.254 e. The summed E-state index contributed by atoms with van der Waals surface area (Å²) in [4.78, 5) is 30.6. The monoisotopic (exact) mass is 379 g/mol. The molecule has 6 nitrogen and oxygen atoms in total. The van der Waals surface area contributed by atoms with Crippen molar-refractivity contribution in [2.75, 3.05) is 25.0 Å². The van der Waals surface area contributed by atoms with Crippen LogP contribution in [0.3, 0.4) is 0 Å². The van der Waals surface area contributed by atoms with Crippen LogP contribution in [0.4, 0.5) is 5.13 Å². The maximum atomic E-state index is 12.8. The molecule has 132 valence electrons. The van der Waals surface area contributed by atoms with E-state index >= 15 is 0 Å². The molecule has 1 aliphatic rings. The summed E-state index contributed by atoms with van der Waals surface area (Å²) in [5.74, 6) is -0.503. The highest BCUT2D eigenvalue weighted by Gasteiger charge is 2.25. The summed E-state index contributed by atoms with van der Waals surface area (Å²) in [6.45, 7) is 1.02. The van der Waals surface area contributed by atoms with Gasteiger partial charge >= 0.3 is 0 Å². The van der Waals surface area contributed by atoms with Crippen LogP contribution in [0.15, 0.2) is 35.8 Å². The fraction of sp³-hybridized carbons (Fsp3) is 0.353. The Kier molecular flexibility index (Phi) is 6.01. The number of nitrogens with one attached hydrogen (secondary N) is 1. The zero-order valence-corrected chi connectivity index (χ0v) is 15.1. The van der Waals surface area contributed by atoms with E-state index in [9.17, 15) is 9.59 Å². The topological polar surface area (TPSA) is 71.5 Å². The minimum Gasteiger partial charge on any atom is -0.376 e. The van der Waals surface area contributed by atoms with Gasteiger partial charge in [0.15, 0.2) is 5.13 Å². The largest absolute Gasteiger partial charge is 0.376 e. The molecule has 1 aromatic carbocycles. The van der Waals surface area contributed by atoms with Crippen molar-refractivity contribution >= 4 is 39.9 Å². The van der Waals surface area contributed by atoms with Gasteiger partial charge in [0.2, 0.25) is 5.91 Å². The number of amides is 2. The number of rotatable bonds is 6. The average molecular weight is 380 g/mol. The molecule has 2 heterocycles. The molecule has 1 aromatic heterocycles. The van der Waals surface area contributed by atoms with Crippen LogP contribution in [-0.2, 0) is 9.53 Å². The molecule has 2 amide bonds. The molecule has 2 aromatic rings. The number of hydrogen-bond acceptors (Lipinski definition) is 5. The summed E-state index contributed by atoms with van der Waals surface area (Å²) in [6.07, 6.45) is 3.43. The van der Waals surface area contributed by atoms with Crippen LogP contribution in [0, 0.1) is 0 Å². The number of hydrogen-bond donors (Lipinski definition) is 1. The molecule has 1 aliphatic heterocycles. The first kappa shape index (κ1) is 17.8. The molecule has 1 atom stereocenters. The van der Waals surface area contributed by atoms with Gasteiger partial charge in [-0.05, 0) is 37.1 Å². The van der Waals surface area contributed by atoms with Gasteiger partial charge < -0.3 is 15.0 Å². The number of aromatic nitrogens is 1. The van der Waals surface area contributed by atoms with Crippen LogP contribution in [-0.4, -0.2) is 47.5 Å². The lowest BCUT2D eigenvalue weighted by atomic mass is 10.1. The third-order valence-electron chi connectivity index (χ3n) is 3.84. The Labute approximate surface area is 154 Å². The second-order valence-electron chi connectivity index (χ2n) is 5.71. The van der Waals surface area contributed by atoms with Gasteiger partial charge in [0.05, 0.1) is 6.10 Å². The van der Waals surface area contributed by atoms with Crippen LogP contribution < -0.4 is 5.32 Å². The van der Waals surface area contributed by atoms with Gasteiger partial charge in [-0.3, -0.25) is 9.59 Å². The molecular weight excluding hydrogens is 362 g/mol. The van der Waals surface area contributed by atoms with Crippen molar-refractivity contribution < 1.29 is 14.3 Å². The summed E-state index contributed by atoms with van der Waals surface area (Å²) in [6, 6.07) is 6.64. The van der Waals surface area contributed by atoms with E-state index in [1.165, 1.54) is 16.2 Å². The molecule has 3 rings (SSSR count). The van der Waals surface area contributed by atoms with Crippen molar-refractivity contribution in [1.82, 2.24) is 9.88 Å². The predicted molar refractivity (Wildman–Crippen MR) is 97.1 cm³/mol. The van der Waals surface area contributed by atoms with Gasteiger partial charge in [-0.25, -0.2) is 4.98 Å². The number of ether oxygens (including phenoxy) is 1. The van der Waals surface area contributed by atoms with E-state index in [1.54, 1.807) is 35.8 Å². The van der Waals surface area contributed by atoms with Crippen LogP contribution in [0.5, 0.6) is 0 Å². The lowest BCUT2D eigenvalue weighted by molar-refractivity contribution is -0.117. The highest BCUT2D eigenvalue weighted by atomic mass is 35.5. The SMILES string of the molecule is O=C(CN(C[C@H]1CCCO1)C(=O)c1ccc(Cl)cc1)Nc1nccs1. The van der Waals surface area contributed by atoms with Crippen molar-refractivity contribution in [2.45, 2.75) is 18.9 Å². The van der Waals surface area contributed by atoms with Gasteiger partial charge in [0, 0.05) is 35.3 Å². The Morgan fingerprint density at radius 1 is 1.36 bits per heavy atom. The number of carbonyl (C=O) groups excluding carboxylic acids is 2. The van der Waals surface area contributed by atoms with E-state index in [2.05, 4.69) is 10.3 Å². The molecule has 1 saturated heterocycles. The van der Waals surface area contributed by atoms with E-state index in [1.807, 2.05) is 0 Å². The minimum atomic E-state index is -0.282. The first-order valence-corrected chi connectivity index (χ1v) is 9.23. The highest BCUT2D eigenvalue weighted by molar-refractivity contribution is 7.13. The molecule has 8 heteroatoms. The second kappa shape index (κ2) is 8.42. The third-order valence-corrected chi connectivity index (χ3v) is 4.78. The first-order valence-electron chi connectivity index (χ1n) is 7.97. The van der Waals surface area contributed by atoms with Crippen LogP contribution in [0.25, 0.3) is 0 Å². The zero-order chi connectivity index (χ0) is 17.6. The number of nitrogens with zero attached hydrogens (tertiary/aromatic N) is 2. The van der Waals surface area contributed by atoms with E-state index in [-0.39, 0.29) is 24.5 Å². The number of carbonyl (C=O) groups is 2. The Morgan fingerprint density at radius 2 is 2.16 bits per heavy atom. The van der Waals surface area contributed by atoms with E-state index in [4.69, 9.17) is 16.3 Å². The van der Waals surface area contributed by atoms with Crippen LogP contribution in [0.1, 0.15) is 23.2 Å². The van der Waals surface area contributed by atoms with Gasteiger partial charge in [-0.15, -0.1) is 11.3 Å². The number of benzene rings is 1. The molecule has 1 fully saturated rings. The van der Waals surface area contributed by atoms with Gasteiger partial charge in [-0.1, -0.05) is 11.6 Å². The molecule has 0 bridgehead atoms. The average Bonchev–Trinajstić information content (AvgIpc) is 3.28. The van der Waals surface area contributed by atoms with Crippen LogP contribution in [0.2, 0.25) is 5.02 Å². The predicted octanol–water partition coefficient (Wildman–Crippen LogP) is 3.06. The normalized spacial score (nSPS) is 16.6. The Morgan fingerprint density at radius 3 is 2.80 bits per heavy atom. The summed E-state index contributed by atoms with van der Waals surface area (Å²) >= 11 is 7.21. The maximum absolute atomic E-state index is 12.8. The summed E-state index contributed by atoms with van der Waals surface area (Å²) in [5, 5.41) is 5.56. The van der Waals surface area contributed by atoms with Crippen LogP contribution >= 0.6 is 22.9 Å². The standard InChI is InChI=1S/C17H18ClN3O3S/c18-13-5-3-12(4-6-13)16(23)21(10-14-2-1-8-24-14)11-15(22)20-17-19-7-9-25-17/h3-7,9,14H,1-2,8,10-11H2,(H,19,20,22)/t14-/m1/s1. The van der Waals surface area contributed by atoms with Gasteiger partial charge in [0.1, 0.15) is 6.54 Å². The number of halogens is 1. The van der Waals surface area contributed by atoms with Gasteiger partial charge in [-0.2, -0.15) is 0 Å². The summed E-state index contributed by atoms with van der Waals surface area (Å²) < 4.78 is 5.62. The lowest BCUT2D eigenvalue weighted by Gasteiger charge is -2.25. The lowest BCUT2D eigenvalue weighted by Crippen LogP contribution is -2.42. The first-order chi connectivity index (χ1) is 12.1. The molecule has 25 heavy (non-hydrogen) atoms. The minimum absolute atomic E-state index is 0.0380. The van der Waals surface area contributed by atoms with Crippen molar-refractivity contribution in [1.29, 1.82) is 0 Å².